The summed E-state index contributed by atoms with van der Waals surface area (Å²) in [4.78, 5) is 0. The topological polar surface area (TPSA) is 33.0 Å². The summed E-state index contributed by atoms with van der Waals surface area (Å²) in [6, 6.07) is 5.72. The Hall–Kier alpha value is -2.92. The average Bonchev–Trinajstić information content (AvgIpc) is 2.65. The fourth-order valence-corrected chi connectivity index (χ4v) is 2.84. The SMILES string of the molecule is CCCCCCOc1cc(C)c(C#Cc2cc(F)c(C#N)c(F)c2F)c(C)c1. The third kappa shape index (κ3) is 5.08. The van der Waals surface area contributed by atoms with Crippen molar-refractivity contribution in [2.75, 3.05) is 6.61 Å². The van der Waals surface area contributed by atoms with Gasteiger partial charge in [0.25, 0.3) is 0 Å². The van der Waals surface area contributed by atoms with Crippen LogP contribution in [0, 0.1) is 54.5 Å². The van der Waals surface area contributed by atoms with E-state index in [0.717, 1.165) is 35.8 Å². The minimum atomic E-state index is -1.52. The van der Waals surface area contributed by atoms with E-state index in [1.54, 1.807) is 0 Å². The predicted molar refractivity (Wildman–Crippen MR) is 103 cm³/mol. The normalized spacial score (nSPS) is 10.2. The Morgan fingerprint density at radius 3 is 2.18 bits per heavy atom. The molecule has 0 bridgehead atoms. The lowest BCUT2D eigenvalue weighted by Crippen LogP contribution is -2.00. The van der Waals surface area contributed by atoms with E-state index in [1.165, 1.54) is 18.9 Å². The van der Waals surface area contributed by atoms with Crippen molar-refractivity contribution in [3.05, 3.63) is 63.5 Å². The van der Waals surface area contributed by atoms with Crippen LogP contribution in [0.3, 0.4) is 0 Å². The van der Waals surface area contributed by atoms with E-state index in [1.807, 2.05) is 26.0 Å². The number of ether oxygens (including phenoxy) is 1. The zero-order valence-electron chi connectivity index (χ0n) is 16.3. The van der Waals surface area contributed by atoms with Gasteiger partial charge in [0.05, 0.1) is 12.2 Å². The zero-order chi connectivity index (χ0) is 20.7. The second kappa shape index (κ2) is 9.85. The van der Waals surface area contributed by atoms with Gasteiger partial charge in [-0.25, -0.2) is 13.2 Å². The summed E-state index contributed by atoms with van der Waals surface area (Å²) in [6.45, 7) is 6.48. The highest BCUT2D eigenvalue weighted by molar-refractivity contribution is 5.53. The molecule has 2 rings (SSSR count). The van der Waals surface area contributed by atoms with Gasteiger partial charge in [0.1, 0.15) is 23.2 Å². The molecule has 0 amide bonds. The van der Waals surface area contributed by atoms with Crippen LogP contribution in [0.1, 0.15) is 60.4 Å². The Morgan fingerprint density at radius 1 is 0.893 bits per heavy atom. The highest BCUT2D eigenvalue weighted by Gasteiger charge is 2.17. The summed E-state index contributed by atoms with van der Waals surface area (Å²) in [5.74, 6) is 2.01. The molecule has 0 saturated heterocycles. The molecule has 0 atom stereocenters. The summed E-state index contributed by atoms with van der Waals surface area (Å²) >= 11 is 0. The predicted octanol–water partition coefficient (Wildman–Crippen LogP) is 5.95. The van der Waals surface area contributed by atoms with Crippen LogP contribution in [0.4, 0.5) is 13.2 Å². The first kappa shape index (κ1) is 21.4. The third-order valence-electron chi connectivity index (χ3n) is 4.37. The van der Waals surface area contributed by atoms with Gasteiger partial charge in [-0.05, 0) is 49.6 Å². The van der Waals surface area contributed by atoms with Crippen molar-refractivity contribution in [2.24, 2.45) is 0 Å². The van der Waals surface area contributed by atoms with Crippen molar-refractivity contribution >= 4 is 0 Å². The summed E-state index contributed by atoms with van der Waals surface area (Å²) in [5.41, 5.74) is 0.917. The molecule has 0 aromatic heterocycles. The lowest BCUT2D eigenvalue weighted by Gasteiger charge is -2.10. The Bertz CT molecular complexity index is 942. The number of aryl methyl sites for hydroxylation is 2. The van der Waals surface area contributed by atoms with Crippen molar-refractivity contribution in [3.63, 3.8) is 0 Å². The van der Waals surface area contributed by atoms with E-state index >= 15 is 0 Å². The maximum Gasteiger partial charge on any atom is 0.180 e. The van der Waals surface area contributed by atoms with Gasteiger partial charge < -0.3 is 4.74 Å². The summed E-state index contributed by atoms with van der Waals surface area (Å²) in [6.07, 6.45) is 4.46. The standard InChI is InChI=1S/C23H22F3NO/c1-4-5-6-7-10-28-18-11-15(2)19(16(3)12-18)9-8-17-13-21(24)20(14-27)23(26)22(17)25/h11-13H,4-7,10H2,1-3H3. The fourth-order valence-electron chi connectivity index (χ4n) is 2.84. The zero-order valence-corrected chi connectivity index (χ0v) is 16.3. The molecule has 0 aliphatic heterocycles. The van der Waals surface area contributed by atoms with Gasteiger partial charge in [-0.2, -0.15) is 5.26 Å². The second-order valence-corrected chi connectivity index (χ2v) is 6.61. The molecule has 0 heterocycles. The van der Waals surface area contributed by atoms with Crippen LogP contribution >= 0.6 is 0 Å². The number of hydrogen-bond acceptors (Lipinski definition) is 2. The number of benzene rings is 2. The van der Waals surface area contributed by atoms with E-state index in [4.69, 9.17) is 10.00 Å². The molecule has 146 valence electrons. The molecule has 0 aliphatic rings. The molecule has 0 saturated carbocycles. The van der Waals surface area contributed by atoms with Gasteiger partial charge in [-0.15, -0.1) is 0 Å². The van der Waals surface area contributed by atoms with Crippen LogP contribution in [0.25, 0.3) is 0 Å². The molecule has 2 nitrogen and oxygen atoms in total. The maximum atomic E-state index is 14.0. The maximum absolute atomic E-state index is 14.0. The van der Waals surface area contributed by atoms with Gasteiger partial charge in [0.2, 0.25) is 0 Å². The minimum Gasteiger partial charge on any atom is -0.494 e. The van der Waals surface area contributed by atoms with Gasteiger partial charge >= 0.3 is 0 Å². The first-order valence-corrected chi connectivity index (χ1v) is 9.22. The molecule has 0 fully saturated rings. The molecule has 0 N–H and O–H groups in total. The average molecular weight is 385 g/mol. The molecule has 0 aliphatic carbocycles. The Kier molecular flexibility index (Phi) is 7.52. The highest BCUT2D eigenvalue weighted by atomic mass is 19.2. The van der Waals surface area contributed by atoms with E-state index in [0.29, 0.717) is 12.2 Å². The van der Waals surface area contributed by atoms with E-state index in [9.17, 15) is 13.2 Å². The van der Waals surface area contributed by atoms with E-state index < -0.39 is 28.6 Å². The molecular weight excluding hydrogens is 363 g/mol. The third-order valence-corrected chi connectivity index (χ3v) is 4.37. The van der Waals surface area contributed by atoms with Gasteiger partial charge in [-0.1, -0.05) is 38.0 Å². The number of halogens is 3. The van der Waals surface area contributed by atoms with Crippen molar-refractivity contribution in [1.29, 1.82) is 5.26 Å². The first-order chi connectivity index (χ1) is 13.4. The number of nitrogens with zero attached hydrogens (tertiary/aromatic N) is 1. The highest BCUT2D eigenvalue weighted by Crippen LogP contribution is 2.23. The minimum absolute atomic E-state index is 0.427. The van der Waals surface area contributed by atoms with Gasteiger partial charge in [0.15, 0.2) is 11.6 Å². The van der Waals surface area contributed by atoms with Crippen molar-refractivity contribution < 1.29 is 17.9 Å². The number of hydrogen-bond donors (Lipinski definition) is 0. The van der Waals surface area contributed by atoms with Crippen LogP contribution in [-0.2, 0) is 0 Å². The van der Waals surface area contributed by atoms with Crippen LogP contribution < -0.4 is 4.74 Å². The van der Waals surface area contributed by atoms with Crippen molar-refractivity contribution in [1.82, 2.24) is 0 Å². The van der Waals surface area contributed by atoms with Gasteiger partial charge in [0, 0.05) is 5.56 Å². The molecule has 0 radical (unpaired) electrons. The number of rotatable bonds is 6. The van der Waals surface area contributed by atoms with Crippen LogP contribution in [0.2, 0.25) is 0 Å². The molecular formula is C23H22F3NO. The summed E-state index contributed by atoms with van der Waals surface area (Å²) < 4.78 is 47.2. The van der Waals surface area contributed by atoms with E-state index in [2.05, 4.69) is 18.8 Å². The second-order valence-electron chi connectivity index (χ2n) is 6.61. The lowest BCUT2D eigenvalue weighted by atomic mass is 10.0. The first-order valence-electron chi connectivity index (χ1n) is 9.22. The molecule has 0 spiro atoms. The quantitative estimate of drug-likeness (QED) is 0.350. The number of unbranched alkanes of at least 4 members (excludes halogenated alkanes) is 3. The van der Waals surface area contributed by atoms with Crippen LogP contribution in [-0.4, -0.2) is 6.61 Å². The number of nitriles is 1. The monoisotopic (exact) mass is 385 g/mol. The molecule has 2 aromatic rings. The van der Waals surface area contributed by atoms with Crippen molar-refractivity contribution in [2.45, 2.75) is 46.5 Å². The molecule has 2 aromatic carbocycles. The lowest BCUT2D eigenvalue weighted by molar-refractivity contribution is 0.304. The largest absolute Gasteiger partial charge is 0.494 e. The summed E-state index contributed by atoms with van der Waals surface area (Å²) in [5, 5.41) is 8.68. The molecule has 0 unspecified atom stereocenters. The molecule has 28 heavy (non-hydrogen) atoms. The van der Waals surface area contributed by atoms with Gasteiger partial charge in [-0.3, -0.25) is 0 Å². The van der Waals surface area contributed by atoms with Crippen LogP contribution in [0.5, 0.6) is 5.75 Å². The Balaban J connectivity index is 2.24. The Labute approximate surface area is 164 Å². The molecule has 5 heteroatoms. The van der Waals surface area contributed by atoms with Crippen LogP contribution in [0.15, 0.2) is 18.2 Å². The van der Waals surface area contributed by atoms with E-state index in [-0.39, 0.29) is 0 Å². The van der Waals surface area contributed by atoms with Crippen molar-refractivity contribution in [3.8, 4) is 23.7 Å². The smallest absolute Gasteiger partial charge is 0.180 e. The fraction of sp³-hybridized carbons (Fsp3) is 0.348. The summed E-state index contributed by atoms with van der Waals surface area (Å²) in [7, 11) is 0. The Morgan fingerprint density at radius 2 is 1.57 bits per heavy atom.